The summed E-state index contributed by atoms with van der Waals surface area (Å²) in [4.78, 5) is 20.3. The van der Waals surface area contributed by atoms with E-state index in [2.05, 4.69) is 16.4 Å². The van der Waals surface area contributed by atoms with E-state index in [0.29, 0.717) is 32.7 Å². The van der Waals surface area contributed by atoms with Crippen LogP contribution in [0, 0.1) is 0 Å². The molecule has 3 heterocycles. The maximum atomic E-state index is 12.8. The smallest absolute Gasteiger partial charge is 0.225 e. The van der Waals surface area contributed by atoms with Gasteiger partial charge in [-0.3, -0.25) is 9.78 Å². The first-order valence-corrected chi connectivity index (χ1v) is 9.00. The van der Waals surface area contributed by atoms with Crippen molar-refractivity contribution in [3.63, 3.8) is 0 Å². The second-order valence-electron chi connectivity index (χ2n) is 5.74. The van der Waals surface area contributed by atoms with Gasteiger partial charge in [-0.15, -0.1) is 11.3 Å². The van der Waals surface area contributed by atoms with E-state index >= 15 is 0 Å². The molecule has 1 amide bonds. The molecule has 24 heavy (non-hydrogen) atoms. The fourth-order valence-corrected chi connectivity index (χ4v) is 3.78. The van der Waals surface area contributed by atoms with E-state index in [-0.39, 0.29) is 12.0 Å². The molecule has 1 atom stereocenters. The van der Waals surface area contributed by atoms with Gasteiger partial charge in [0.15, 0.2) is 0 Å². The lowest BCUT2D eigenvalue weighted by Crippen LogP contribution is -2.35. The number of thiophene rings is 1. The van der Waals surface area contributed by atoms with Crippen molar-refractivity contribution in [3.8, 4) is 0 Å². The minimum atomic E-state index is -0.138. The van der Waals surface area contributed by atoms with E-state index in [9.17, 15) is 4.79 Å². The Kier molecular flexibility index (Phi) is 5.96. The maximum Gasteiger partial charge on any atom is 0.225 e. The number of hydrogen-bond donors (Lipinski definition) is 0. The van der Waals surface area contributed by atoms with Crippen LogP contribution in [0.4, 0.5) is 0 Å². The van der Waals surface area contributed by atoms with Gasteiger partial charge in [-0.2, -0.15) is 0 Å². The number of amides is 1. The molecule has 0 bridgehead atoms. The fraction of sp³-hybridized carbons (Fsp3) is 0.444. The van der Waals surface area contributed by atoms with Gasteiger partial charge in [0.1, 0.15) is 0 Å². The van der Waals surface area contributed by atoms with E-state index in [1.165, 1.54) is 10.4 Å². The molecule has 3 rings (SSSR count). The summed E-state index contributed by atoms with van der Waals surface area (Å²) in [6.45, 7) is 2.24. The number of rotatable bonds is 7. The standard InChI is InChI=1S/C18H22N2O3S/c1-22-10-8-20(13-14-4-2-3-7-19-14)18(21)12-16-15-6-11-24-17(15)5-9-23-16/h2-4,6-7,11,16H,5,8-10,12-13H2,1H3/t16-/m1/s1. The lowest BCUT2D eigenvalue weighted by Gasteiger charge is -2.27. The van der Waals surface area contributed by atoms with Crippen molar-refractivity contribution in [2.45, 2.75) is 25.5 Å². The monoisotopic (exact) mass is 346 g/mol. The third-order valence-electron chi connectivity index (χ3n) is 4.13. The minimum absolute atomic E-state index is 0.0711. The summed E-state index contributed by atoms with van der Waals surface area (Å²) in [5.74, 6) is 0.0711. The maximum absolute atomic E-state index is 12.8. The highest BCUT2D eigenvalue weighted by Crippen LogP contribution is 2.33. The van der Waals surface area contributed by atoms with Crippen molar-refractivity contribution in [2.75, 3.05) is 26.9 Å². The second-order valence-corrected chi connectivity index (χ2v) is 6.74. The Morgan fingerprint density at radius 1 is 1.46 bits per heavy atom. The van der Waals surface area contributed by atoms with Crippen molar-refractivity contribution in [3.05, 3.63) is 52.0 Å². The molecule has 0 saturated carbocycles. The molecule has 0 unspecified atom stereocenters. The van der Waals surface area contributed by atoms with Crippen LogP contribution in [0.1, 0.15) is 28.7 Å². The number of carbonyl (C=O) groups is 1. The van der Waals surface area contributed by atoms with Gasteiger partial charge in [0.05, 0.1) is 38.0 Å². The van der Waals surface area contributed by atoms with Crippen LogP contribution in [-0.2, 0) is 27.2 Å². The van der Waals surface area contributed by atoms with Gasteiger partial charge in [0.25, 0.3) is 0 Å². The first-order chi connectivity index (χ1) is 11.8. The summed E-state index contributed by atoms with van der Waals surface area (Å²) in [6.07, 6.45) is 2.91. The van der Waals surface area contributed by atoms with Crippen molar-refractivity contribution in [1.82, 2.24) is 9.88 Å². The number of fused-ring (bicyclic) bond motifs is 1. The third-order valence-corrected chi connectivity index (χ3v) is 5.13. The highest BCUT2D eigenvalue weighted by Gasteiger charge is 2.26. The van der Waals surface area contributed by atoms with Crippen LogP contribution in [0.3, 0.4) is 0 Å². The molecule has 1 aliphatic rings. The molecule has 6 heteroatoms. The van der Waals surface area contributed by atoms with Crippen molar-refractivity contribution in [1.29, 1.82) is 0 Å². The highest BCUT2D eigenvalue weighted by atomic mass is 32.1. The van der Waals surface area contributed by atoms with Crippen LogP contribution in [0.15, 0.2) is 35.8 Å². The predicted molar refractivity (Wildman–Crippen MR) is 92.9 cm³/mol. The molecule has 0 spiro atoms. The molecule has 0 radical (unpaired) electrons. The zero-order valence-electron chi connectivity index (χ0n) is 13.8. The zero-order chi connectivity index (χ0) is 16.8. The number of methoxy groups -OCH3 is 1. The Bertz CT molecular complexity index is 659. The number of hydrogen-bond acceptors (Lipinski definition) is 5. The summed E-state index contributed by atoms with van der Waals surface area (Å²) >= 11 is 1.75. The van der Waals surface area contributed by atoms with E-state index in [1.807, 2.05) is 18.2 Å². The van der Waals surface area contributed by atoms with Crippen LogP contribution >= 0.6 is 11.3 Å². The molecule has 128 valence electrons. The van der Waals surface area contributed by atoms with Gasteiger partial charge in [0, 0.05) is 31.1 Å². The number of ether oxygens (including phenoxy) is 2. The van der Waals surface area contributed by atoms with Gasteiger partial charge in [-0.25, -0.2) is 0 Å². The van der Waals surface area contributed by atoms with E-state index in [1.54, 1.807) is 29.5 Å². The third kappa shape index (κ3) is 4.20. The normalized spacial score (nSPS) is 16.6. The van der Waals surface area contributed by atoms with E-state index in [0.717, 1.165) is 12.1 Å². The van der Waals surface area contributed by atoms with Gasteiger partial charge in [-0.1, -0.05) is 6.07 Å². The largest absolute Gasteiger partial charge is 0.383 e. The Morgan fingerprint density at radius 3 is 3.17 bits per heavy atom. The predicted octanol–water partition coefficient (Wildman–Crippen LogP) is 2.82. The first kappa shape index (κ1) is 17.1. The molecule has 0 aliphatic carbocycles. The summed E-state index contributed by atoms with van der Waals surface area (Å²) in [6, 6.07) is 7.82. The molecule has 0 aromatic carbocycles. The van der Waals surface area contributed by atoms with Crippen molar-refractivity contribution < 1.29 is 14.3 Å². The lowest BCUT2D eigenvalue weighted by molar-refractivity contribution is -0.136. The fourth-order valence-electron chi connectivity index (χ4n) is 2.86. The summed E-state index contributed by atoms with van der Waals surface area (Å²) < 4.78 is 11.0. The van der Waals surface area contributed by atoms with Crippen LogP contribution in [0.5, 0.6) is 0 Å². The molecule has 2 aromatic heterocycles. The summed E-state index contributed by atoms with van der Waals surface area (Å²) in [5, 5.41) is 2.08. The Morgan fingerprint density at radius 2 is 2.38 bits per heavy atom. The number of carbonyl (C=O) groups excluding carboxylic acids is 1. The molecule has 0 fully saturated rings. The first-order valence-electron chi connectivity index (χ1n) is 8.12. The second kappa shape index (κ2) is 8.37. The SMILES string of the molecule is COCCN(Cc1ccccn1)C(=O)C[C@H]1OCCc2sccc21. The molecular weight excluding hydrogens is 324 g/mol. The Labute approximate surface area is 146 Å². The van der Waals surface area contributed by atoms with Gasteiger partial charge in [-0.05, 0) is 29.1 Å². The van der Waals surface area contributed by atoms with Crippen molar-refractivity contribution in [2.24, 2.45) is 0 Å². The van der Waals surface area contributed by atoms with Crippen molar-refractivity contribution >= 4 is 17.2 Å². The molecular formula is C18H22N2O3S. The van der Waals surface area contributed by atoms with Crippen LogP contribution in [0.25, 0.3) is 0 Å². The molecule has 2 aromatic rings. The van der Waals surface area contributed by atoms with Gasteiger partial charge < -0.3 is 14.4 Å². The molecule has 5 nitrogen and oxygen atoms in total. The number of nitrogens with zero attached hydrogens (tertiary/aromatic N) is 2. The molecule has 1 aliphatic heterocycles. The van der Waals surface area contributed by atoms with Gasteiger partial charge in [0.2, 0.25) is 5.91 Å². The van der Waals surface area contributed by atoms with Crippen LogP contribution in [0.2, 0.25) is 0 Å². The lowest BCUT2D eigenvalue weighted by atomic mass is 10.0. The average Bonchev–Trinajstić information content (AvgIpc) is 3.09. The number of pyridine rings is 1. The highest BCUT2D eigenvalue weighted by molar-refractivity contribution is 7.10. The topological polar surface area (TPSA) is 51.7 Å². The molecule has 0 saturated heterocycles. The Balaban J connectivity index is 1.67. The molecule has 0 N–H and O–H groups in total. The quantitative estimate of drug-likeness (QED) is 0.774. The van der Waals surface area contributed by atoms with E-state index < -0.39 is 0 Å². The van der Waals surface area contributed by atoms with E-state index in [4.69, 9.17) is 9.47 Å². The van der Waals surface area contributed by atoms with Gasteiger partial charge >= 0.3 is 0 Å². The van der Waals surface area contributed by atoms with Crippen LogP contribution < -0.4 is 0 Å². The summed E-state index contributed by atoms with van der Waals surface area (Å²) in [5.41, 5.74) is 2.05. The Hall–Kier alpha value is -1.76. The minimum Gasteiger partial charge on any atom is -0.383 e. The average molecular weight is 346 g/mol. The zero-order valence-corrected chi connectivity index (χ0v) is 14.6. The van der Waals surface area contributed by atoms with Crippen LogP contribution in [-0.4, -0.2) is 42.7 Å². The summed E-state index contributed by atoms with van der Waals surface area (Å²) in [7, 11) is 1.64. The number of aromatic nitrogens is 1.